The highest BCUT2D eigenvalue weighted by Crippen LogP contribution is 2.24. The lowest BCUT2D eigenvalue weighted by Gasteiger charge is -2.36. The SMILES string of the molecule is C[C@@H](c1ccccc1)N1CCC(NC(=O)CCc2ccsc2)CC1. The van der Waals surface area contributed by atoms with Crippen molar-refractivity contribution in [3.8, 4) is 0 Å². The van der Waals surface area contributed by atoms with E-state index in [1.165, 1.54) is 11.1 Å². The number of thiophene rings is 1. The van der Waals surface area contributed by atoms with Crippen LogP contribution in [0.4, 0.5) is 0 Å². The average molecular weight is 343 g/mol. The molecule has 1 atom stereocenters. The van der Waals surface area contributed by atoms with E-state index in [4.69, 9.17) is 0 Å². The molecule has 1 aromatic heterocycles. The number of hydrogen-bond donors (Lipinski definition) is 1. The number of rotatable bonds is 6. The first-order valence-electron chi connectivity index (χ1n) is 8.82. The van der Waals surface area contributed by atoms with Gasteiger partial charge in [-0.3, -0.25) is 9.69 Å². The van der Waals surface area contributed by atoms with Crippen LogP contribution >= 0.6 is 11.3 Å². The maximum atomic E-state index is 12.1. The number of benzene rings is 1. The molecule has 0 saturated carbocycles. The summed E-state index contributed by atoms with van der Waals surface area (Å²) in [4.78, 5) is 14.6. The van der Waals surface area contributed by atoms with E-state index in [1.807, 2.05) is 0 Å². The number of carbonyl (C=O) groups excluding carboxylic acids is 1. The summed E-state index contributed by atoms with van der Waals surface area (Å²) in [5.74, 6) is 0.191. The molecule has 2 heterocycles. The molecule has 1 aromatic carbocycles. The normalized spacial score (nSPS) is 17.5. The Bertz CT molecular complexity index is 618. The molecular formula is C20H26N2OS. The minimum atomic E-state index is 0.191. The molecule has 1 aliphatic rings. The minimum absolute atomic E-state index is 0.191. The van der Waals surface area contributed by atoms with Crippen molar-refractivity contribution < 1.29 is 4.79 Å². The van der Waals surface area contributed by atoms with Crippen molar-refractivity contribution in [1.82, 2.24) is 10.2 Å². The number of amides is 1. The number of piperidine rings is 1. The van der Waals surface area contributed by atoms with Gasteiger partial charge in [-0.1, -0.05) is 30.3 Å². The predicted molar refractivity (Wildman–Crippen MR) is 100 cm³/mol. The maximum absolute atomic E-state index is 12.1. The van der Waals surface area contributed by atoms with E-state index >= 15 is 0 Å². The second-order valence-electron chi connectivity index (χ2n) is 6.60. The van der Waals surface area contributed by atoms with Crippen LogP contribution in [0.5, 0.6) is 0 Å². The first kappa shape index (κ1) is 17.2. The van der Waals surface area contributed by atoms with Gasteiger partial charge in [0.05, 0.1) is 0 Å². The van der Waals surface area contributed by atoms with Crippen molar-refractivity contribution in [1.29, 1.82) is 0 Å². The number of likely N-dealkylation sites (tertiary alicyclic amines) is 1. The first-order chi connectivity index (χ1) is 11.7. The third kappa shape index (κ3) is 4.68. The van der Waals surface area contributed by atoms with E-state index < -0.39 is 0 Å². The molecule has 1 fully saturated rings. The van der Waals surface area contributed by atoms with Crippen molar-refractivity contribution in [3.05, 3.63) is 58.3 Å². The average Bonchev–Trinajstić information content (AvgIpc) is 3.14. The molecule has 0 radical (unpaired) electrons. The molecule has 0 aliphatic carbocycles. The summed E-state index contributed by atoms with van der Waals surface area (Å²) < 4.78 is 0. The highest BCUT2D eigenvalue weighted by Gasteiger charge is 2.24. The second-order valence-corrected chi connectivity index (χ2v) is 7.38. The summed E-state index contributed by atoms with van der Waals surface area (Å²) >= 11 is 1.69. The molecule has 0 unspecified atom stereocenters. The van der Waals surface area contributed by atoms with Crippen LogP contribution in [0, 0.1) is 0 Å². The molecule has 4 heteroatoms. The molecule has 1 amide bonds. The van der Waals surface area contributed by atoms with Crippen LogP contribution in [0.2, 0.25) is 0 Å². The second kappa shape index (κ2) is 8.45. The molecule has 3 rings (SSSR count). The van der Waals surface area contributed by atoms with E-state index in [2.05, 4.69) is 64.3 Å². The zero-order chi connectivity index (χ0) is 16.8. The fourth-order valence-corrected chi connectivity index (χ4v) is 4.07. The number of nitrogens with one attached hydrogen (secondary N) is 1. The van der Waals surface area contributed by atoms with Gasteiger partial charge in [0.1, 0.15) is 0 Å². The number of aryl methyl sites for hydroxylation is 1. The summed E-state index contributed by atoms with van der Waals surface area (Å²) in [5, 5.41) is 7.41. The van der Waals surface area contributed by atoms with E-state index in [1.54, 1.807) is 11.3 Å². The molecule has 24 heavy (non-hydrogen) atoms. The van der Waals surface area contributed by atoms with Gasteiger partial charge in [-0.05, 0) is 54.1 Å². The van der Waals surface area contributed by atoms with Gasteiger partial charge in [-0.2, -0.15) is 11.3 Å². The van der Waals surface area contributed by atoms with Crippen molar-refractivity contribution in [2.45, 2.75) is 44.7 Å². The molecular weight excluding hydrogens is 316 g/mol. The van der Waals surface area contributed by atoms with Gasteiger partial charge in [0, 0.05) is 31.6 Å². The van der Waals surface area contributed by atoms with E-state index in [9.17, 15) is 4.79 Å². The van der Waals surface area contributed by atoms with Crippen molar-refractivity contribution >= 4 is 17.2 Å². The van der Waals surface area contributed by atoms with Crippen LogP contribution in [0.15, 0.2) is 47.2 Å². The monoisotopic (exact) mass is 342 g/mol. The largest absolute Gasteiger partial charge is 0.353 e. The van der Waals surface area contributed by atoms with Crippen molar-refractivity contribution in [3.63, 3.8) is 0 Å². The molecule has 0 bridgehead atoms. The quantitative estimate of drug-likeness (QED) is 0.860. The predicted octanol–water partition coefficient (Wildman–Crippen LogP) is 4.02. The molecule has 2 aromatic rings. The maximum Gasteiger partial charge on any atom is 0.220 e. The Kier molecular flexibility index (Phi) is 6.05. The highest BCUT2D eigenvalue weighted by atomic mass is 32.1. The Morgan fingerprint density at radius 1 is 1.25 bits per heavy atom. The Morgan fingerprint density at radius 2 is 2.00 bits per heavy atom. The lowest BCUT2D eigenvalue weighted by atomic mass is 10.00. The van der Waals surface area contributed by atoms with Gasteiger partial charge in [-0.25, -0.2) is 0 Å². The zero-order valence-corrected chi connectivity index (χ0v) is 15.1. The lowest BCUT2D eigenvalue weighted by molar-refractivity contribution is -0.122. The van der Waals surface area contributed by atoms with Crippen LogP contribution in [-0.2, 0) is 11.2 Å². The molecule has 3 nitrogen and oxygen atoms in total. The van der Waals surface area contributed by atoms with Crippen LogP contribution in [0.1, 0.15) is 43.4 Å². The number of carbonyl (C=O) groups is 1. The van der Waals surface area contributed by atoms with Gasteiger partial charge in [0.2, 0.25) is 5.91 Å². The Labute approximate surface area is 148 Å². The Hall–Kier alpha value is -1.65. The molecule has 0 spiro atoms. The smallest absolute Gasteiger partial charge is 0.220 e. The van der Waals surface area contributed by atoms with Crippen molar-refractivity contribution in [2.75, 3.05) is 13.1 Å². The molecule has 1 saturated heterocycles. The zero-order valence-electron chi connectivity index (χ0n) is 14.3. The van der Waals surface area contributed by atoms with Crippen LogP contribution < -0.4 is 5.32 Å². The molecule has 1 N–H and O–H groups in total. The van der Waals surface area contributed by atoms with Gasteiger partial charge < -0.3 is 5.32 Å². The summed E-state index contributed by atoms with van der Waals surface area (Å²) in [6.07, 6.45) is 3.53. The summed E-state index contributed by atoms with van der Waals surface area (Å²) in [6, 6.07) is 13.5. The van der Waals surface area contributed by atoms with Crippen molar-refractivity contribution in [2.24, 2.45) is 0 Å². The standard InChI is InChI=1S/C20H26N2OS/c1-16(18-5-3-2-4-6-18)22-12-9-19(10-13-22)21-20(23)8-7-17-11-14-24-15-17/h2-6,11,14-16,19H,7-10,12-13H2,1H3,(H,21,23)/t16-/m0/s1. The van der Waals surface area contributed by atoms with Gasteiger partial charge in [0.25, 0.3) is 0 Å². The lowest BCUT2D eigenvalue weighted by Crippen LogP contribution is -2.45. The summed E-state index contributed by atoms with van der Waals surface area (Å²) in [7, 11) is 0. The fraction of sp³-hybridized carbons (Fsp3) is 0.450. The van der Waals surface area contributed by atoms with E-state index in [0.29, 0.717) is 18.5 Å². The highest BCUT2D eigenvalue weighted by molar-refractivity contribution is 7.07. The summed E-state index contributed by atoms with van der Waals surface area (Å²) in [6.45, 7) is 4.37. The number of nitrogens with zero attached hydrogens (tertiary/aromatic N) is 1. The van der Waals surface area contributed by atoms with Gasteiger partial charge in [-0.15, -0.1) is 0 Å². The van der Waals surface area contributed by atoms with E-state index in [-0.39, 0.29) is 5.91 Å². The van der Waals surface area contributed by atoms with Crippen LogP contribution in [0.3, 0.4) is 0 Å². The first-order valence-corrected chi connectivity index (χ1v) is 9.76. The van der Waals surface area contributed by atoms with Crippen LogP contribution in [-0.4, -0.2) is 29.9 Å². The number of hydrogen-bond acceptors (Lipinski definition) is 3. The fourth-order valence-electron chi connectivity index (χ4n) is 3.37. The topological polar surface area (TPSA) is 32.3 Å². The van der Waals surface area contributed by atoms with Crippen LogP contribution in [0.25, 0.3) is 0 Å². The van der Waals surface area contributed by atoms with Gasteiger partial charge in [0.15, 0.2) is 0 Å². The van der Waals surface area contributed by atoms with Gasteiger partial charge >= 0.3 is 0 Å². The molecule has 1 aliphatic heterocycles. The third-order valence-corrected chi connectivity index (χ3v) is 5.68. The summed E-state index contributed by atoms with van der Waals surface area (Å²) in [5.41, 5.74) is 2.64. The van der Waals surface area contributed by atoms with E-state index in [0.717, 1.165) is 32.4 Å². The minimum Gasteiger partial charge on any atom is -0.353 e. The third-order valence-electron chi connectivity index (χ3n) is 4.95. The Morgan fingerprint density at radius 3 is 2.67 bits per heavy atom. The molecule has 128 valence electrons. The Balaban J connectivity index is 1.41.